The van der Waals surface area contributed by atoms with Crippen molar-refractivity contribution in [2.45, 2.75) is 43.2 Å². The smallest absolute Gasteiger partial charge is 0.324 e. The lowest BCUT2D eigenvalue weighted by Gasteiger charge is -2.38. The molecule has 1 unspecified atom stereocenters. The lowest BCUT2D eigenvalue weighted by Crippen LogP contribution is -2.52. The molecule has 0 spiro atoms. The molecule has 354 valence electrons. The zero-order valence-corrected chi connectivity index (χ0v) is 38.5. The second-order valence-electron chi connectivity index (χ2n) is 16.0. The van der Waals surface area contributed by atoms with Crippen molar-refractivity contribution >= 4 is 84.9 Å². The van der Waals surface area contributed by atoms with E-state index in [4.69, 9.17) is 4.74 Å². The molecule has 3 aliphatic rings. The summed E-state index contributed by atoms with van der Waals surface area (Å²) < 4.78 is 34.2. The highest BCUT2D eigenvalue weighted by molar-refractivity contribution is 7.92. The van der Waals surface area contributed by atoms with Crippen molar-refractivity contribution in [2.24, 2.45) is 0 Å². The number of nitro groups is 1. The first-order chi connectivity index (χ1) is 33.2. The van der Waals surface area contributed by atoms with Gasteiger partial charge >= 0.3 is 5.00 Å². The Balaban J connectivity index is 0.783. The third kappa shape index (κ3) is 10.7. The first-order valence-electron chi connectivity index (χ1n) is 21.6. The Morgan fingerprint density at radius 3 is 2.43 bits per heavy atom. The minimum Gasteiger partial charge on any atom is -0.478 e. The second kappa shape index (κ2) is 20.3. The number of hydrogen-bond acceptors (Lipinski definition) is 16. The molecule has 1 atom stereocenters. The average molecular weight is 974 g/mol. The van der Waals surface area contributed by atoms with Crippen LogP contribution >= 0.6 is 11.3 Å². The molecular weight excluding hydrogens is 931 g/mol. The third-order valence-electron chi connectivity index (χ3n) is 11.6. The van der Waals surface area contributed by atoms with Gasteiger partial charge in [-0.15, -0.1) is 0 Å². The van der Waals surface area contributed by atoms with Gasteiger partial charge < -0.3 is 30.1 Å². The van der Waals surface area contributed by atoms with Crippen LogP contribution in [-0.2, 0) is 37.4 Å². The van der Waals surface area contributed by atoms with E-state index in [1.165, 1.54) is 55.8 Å². The summed E-state index contributed by atoms with van der Waals surface area (Å²) in [5.41, 5.74) is 4.25. The van der Waals surface area contributed by atoms with E-state index in [9.17, 15) is 47.8 Å². The van der Waals surface area contributed by atoms with Crippen LogP contribution in [0.15, 0.2) is 95.5 Å². The van der Waals surface area contributed by atoms with Crippen molar-refractivity contribution in [2.75, 3.05) is 59.7 Å². The number of sulfonamides is 1. The Morgan fingerprint density at radius 2 is 1.75 bits per heavy atom. The molecule has 5 aromatic rings. The van der Waals surface area contributed by atoms with E-state index in [1.807, 2.05) is 24.3 Å². The zero-order valence-electron chi connectivity index (χ0n) is 36.8. The van der Waals surface area contributed by atoms with Crippen LogP contribution in [0.25, 0.3) is 6.08 Å². The molecule has 5 amide bonds. The molecule has 4 N–H and O–H groups in total. The SMILES string of the molecule is COc1nc(CCCNC(=O)c2ccc(N3CCN(c4cccc5c4CN(C4CCC(=O)NC4=O)C5=O)CC3)cc2)cnc1NS(=O)(=O)c1ccc(NC(=O)/C(C#N)=C/c2ccc([N+](=O)[O-])s2)cc1. The number of ether oxygens (including phenoxy) is 1. The van der Waals surface area contributed by atoms with Gasteiger partial charge in [-0.25, -0.2) is 18.4 Å². The fourth-order valence-electron chi connectivity index (χ4n) is 8.12. The summed E-state index contributed by atoms with van der Waals surface area (Å²) in [7, 11) is -2.88. The highest BCUT2D eigenvalue weighted by Gasteiger charge is 2.40. The Morgan fingerprint density at radius 1 is 1.01 bits per heavy atom. The number of thiophene rings is 1. The quantitative estimate of drug-likeness (QED) is 0.0269. The molecule has 0 radical (unpaired) electrons. The molecule has 21 nitrogen and oxygen atoms in total. The number of imide groups is 1. The first kappa shape index (κ1) is 47.3. The van der Waals surface area contributed by atoms with Crippen molar-refractivity contribution in [3.05, 3.63) is 128 Å². The number of benzene rings is 3. The molecule has 3 aliphatic heterocycles. The minimum atomic E-state index is -4.20. The van der Waals surface area contributed by atoms with Crippen LogP contribution in [0.5, 0.6) is 5.88 Å². The number of nitriles is 1. The van der Waals surface area contributed by atoms with Crippen LogP contribution in [0.2, 0.25) is 0 Å². The van der Waals surface area contributed by atoms with Crippen molar-refractivity contribution in [3.8, 4) is 11.9 Å². The van der Waals surface area contributed by atoms with Crippen molar-refractivity contribution in [1.29, 1.82) is 5.26 Å². The molecule has 2 saturated heterocycles. The van der Waals surface area contributed by atoms with Gasteiger partial charge in [-0.05, 0) is 92.1 Å². The van der Waals surface area contributed by atoms with E-state index in [0.29, 0.717) is 80.2 Å². The number of carbonyl (C=O) groups is 5. The number of hydrogen-bond donors (Lipinski definition) is 4. The van der Waals surface area contributed by atoms with Gasteiger partial charge in [-0.3, -0.25) is 44.1 Å². The third-order valence-corrected chi connectivity index (χ3v) is 14.0. The highest BCUT2D eigenvalue weighted by Crippen LogP contribution is 2.35. The van der Waals surface area contributed by atoms with E-state index >= 15 is 0 Å². The number of aromatic nitrogens is 2. The number of amides is 5. The molecular formula is C46H43N11O10S2. The molecule has 2 aromatic heterocycles. The Kier molecular flexibility index (Phi) is 13.9. The van der Waals surface area contributed by atoms with Gasteiger partial charge in [0.1, 0.15) is 17.7 Å². The summed E-state index contributed by atoms with van der Waals surface area (Å²) in [5, 5.41) is 28.1. The zero-order chi connectivity index (χ0) is 48.8. The Hall–Kier alpha value is -8.23. The molecule has 5 heterocycles. The molecule has 69 heavy (non-hydrogen) atoms. The normalized spacial score (nSPS) is 16.1. The fourth-order valence-corrected chi connectivity index (χ4v) is 9.89. The van der Waals surface area contributed by atoms with Crippen LogP contribution in [0.3, 0.4) is 0 Å². The topological polar surface area (TPSA) is 279 Å². The maximum absolute atomic E-state index is 13.3. The summed E-state index contributed by atoms with van der Waals surface area (Å²) in [6, 6.07) is 21.9. The Bertz CT molecular complexity index is 3040. The summed E-state index contributed by atoms with van der Waals surface area (Å²) in [6.07, 6.45) is 4.01. The number of carbonyl (C=O) groups excluding carboxylic acids is 5. The fraction of sp³-hybridized carbons (Fsp3) is 0.261. The van der Waals surface area contributed by atoms with Gasteiger partial charge in [0.2, 0.25) is 17.6 Å². The first-order valence-corrected chi connectivity index (χ1v) is 23.9. The highest BCUT2D eigenvalue weighted by atomic mass is 32.2. The van der Waals surface area contributed by atoms with Gasteiger partial charge in [-0.1, -0.05) is 17.4 Å². The van der Waals surface area contributed by atoms with Crippen molar-refractivity contribution < 1.29 is 42.1 Å². The summed E-state index contributed by atoms with van der Waals surface area (Å²) in [6.45, 7) is 3.44. The predicted octanol–water partition coefficient (Wildman–Crippen LogP) is 4.25. The number of rotatable bonds is 16. The number of methoxy groups -OCH3 is 1. The minimum absolute atomic E-state index is 0.0733. The number of fused-ring (bicyclic) bond motifs is 1. The molecule has 23 heteroatoms. The largest absolute Gasteiger partial charge is 0.478 e. The molecule has 0 bridgehead atoms. The lowest BCUT2D eigenvalue weighted by atomic mass is 10.0. The average Bonchev–Trinajstić information content (AvgIpc) is 3.97. The number of aryl methyl sites for hydroxylation is 1. The maximum atomic E-state index is 13.3. The van der Waals surface area contributed by atoms with Gasteiger partial charge in [0.25, 0.3) is 33.6 Å². The maximum Gasteiger partial charge on any atom is 0.324 e. The molecule has 0 aliphatic carbocycles. The number of nitrogens with one attached hydrogen (secondary N) is 4. The summed E-state index contributed by atoms with van der Waals surface area (Å²) in [5.74, 6) is -2.24. The van der Waals surface area contributed by atoms with E-state index in [1.54, 1.807) is 29.2 Å². The van der Waals surface area contributed by atoms with Crippen molar-refractivity contribution in [3.63, 3.8) is 0 Å². The lowest BCUT2D eigenvalue weighted by molar-refractivity contribution is -0.380. The van der Waals surface area contributed by atoms with E-state index in [-0.39, 0.29) is 57.0 Å². The van der Waals surface area contributed by atoms with E-state index < -0.39 is 32.8 Å². The van der Waals surface area contributed by atoms with E-state index in [0.717, 1.165) is 28.3 Å². The number of piperidine rings is 1. The molecule has 0 saturated carbocycles. The molecule has 8 rings (SSSR count). The van der Waals surface area contributed by atoms with Crippen molar-refractivity contribution in [1.82, 2.24) is 25.5 Å². The molecule has 2 fully saturated rings. The van der Waals surface area contributed by atoms with Gasteiger partial charge in [0.05, 0.1) is 28.8 Å². The van der Waals surface area contributed by atoms with Crippen LogP contribution in [0.1, 0.15) is 56.1 Å². The monoisotopic (exact) mass is 973 g/mol. The van der Waals surface area contributed by atoms with Gasteiger partial charge in [0.15, 0.2) is 0 Å². The van der Waals surface area contributed by atoms with Crippen LogP contribution in [-0.4, -0.2) is 104 Å². The predicted molar refractivity (Wildman–Crippen MR) is 253 cm³/mol. The van der Waals surface area contributed by atoms with Gasteiger partial charge in [0, 0.05) is 90.4 Å². The second-order valence-corrected chi connectivity index (χ2v) is 18.8. The van der Waals surface area contributed by atoms with Crippen LogP contribution in [0, 0.1) is 21.4 Å². The number of anilines is 4. The molecule has 3 aromatic carbocycles. The summed E-state index contributed by atoms with van der Waals surface area (Å²) in [4.78, 5) is 88.5. The van der Waals surface area contributed by atoms with Gasteiger partial charge in [-0.2, -0.15) is 5.26 Å². The number of piperazine rings is 1. The van der Waals surface area contributed by atoms with E-state index in [2.05, 4.69) is 40.4 Å². The standard InChI is InChI=1S/C46H43N11O10S2/c1-67-45-41(53-69(65,66)34-14-9-30(10-15-34)50-43(60)29(25-47)24-33-13-18-40(68-33)57(63)64)49-26-31(51-45)4-3-19-48-42(59)28-7-11-32(12-8-28)54-20-22-55(23-21-54)37-6-2-5-35-36(37)27-56(46(35)62)38-16-17-39(58)52-44(38)61/h2,5-15,18,24,26,38H,3-4,16-17,19-23,27H2,1H3,(H,48,59)(H,49,53)(H,50,60)(H,52,58,61)/b29-24+. The van der Waals surface area contributed by atoms with Crippen LogP contribution in [0.4, 0.5) is 27.9 Å². The Labute approximate surface area is 399 Å². The summed E-state index contributed by atoms with van der Waals surface area (Å²) >= 11 is 0.800. The number of nitrogens with zero attached hydrogens (tertiary/aromatic N) is 7. The van der Waals surface area contributed by atoms with Crippen LogP contribution < -0.4 is 35.2 Å².